The zero-order chi connectivity index (χ0) is 23.5. The summed E-state index contributed by atoms with van der Waals surface area (Å²) in [6, 6.07) is 3.48. The van der Waals surface area contributed by atoms with Crippen LogP contribution in [0.5, 0.6) is 5.75 Å². The van der Waals surface area contributed by atoms with Gasteiger partial charge in [0.25, 0.3) is 0 Å². The van der Waals surface area contributed by atoms with E-state index in [0.717, 1.165) is 5.56 Å². The highest BCUT2D eigenvalue weighted by molar-refractivity contribution is 6.42. The molecular formula is C22H28Cl2N4O4. The molecule has 0 aliphatic carbocycles. The van der Waals surface area contributed by atoms with Gasteiger partial charge < -0.3 is 14.4 Å². The van der Waals surface area contributed by atoms with Gasteiger partial charge in [-0.3, -0.25) is 20.6 Å². The van der Waals surface area contributed by atoms with E-state index in [1.54, 1.807) is 39.0 Å². The Hall–Kier alpha value is -2.45. The zero-order valence-electron chi connectivity index (χ0n) is 18.4. The molecule has 10 heteroatoms. The van der Waals surface area contributed by atoms with Crippen molar-refractivity contribution >= 4 is 41.0 Å². The van der Waals surface area contributed by atoms with Crippen LogP contribution in [0.15, 0.2) is 29.8 Å². The quantitative estimate of drug-likeness (QED) is 0.489. The average Bonchev–Trinajstić information content (AvgIpc) is 3.13. The molecule has 2 heterocycles. The lowest BCUT2D eigenvalue weighted by molar-refractivity contribution is -0.130. The molecule has 8 nitrogen and oxygen atoms in total. The lowest BCUT2D eigenvalue weighted by Crippen LogP contribution is -2.58. The first-order chi connectivity index (χ1) is 15.1. The Morgan fingerprint density at radius 1 is 1.31 bits per heavy atom. The van der Waals surface area contributed by atoms with Crippen LogP contribution in [-0.4, -0.2) is 54.6 Å². The highest BCUT2D eigenvalue weighted by Gasteiger charge is 2.38. The number of nitrogens with one attached hydrogen (secondary N) is 2. The van der Waals surface area contributed by atoms with Gasteiger partial charge >= 0.3 is 6.09 Å². The topological polar surface area (TPSA) is 92.3 Å². The predicted molar refractivity (Wildman–Crippen MR) is 124 cm³/mol. The van der Waals surface area contributed by atoms with Crippen molar-refractivity contribution in [2.24, 2.45) is 10.9 Å². The Kier molecular flexibility index (Phi) is 7.56. The summed E-state index contributed by atoms with van der Waals surface area (Å²) in [7, 11) is 0. The Morgan fingerprint density at radius 3 is 2.69 bits per heavy atom. The van der Waals surface area contributed by atoms with E-state index < -0.39 is 11.7 Å². The second kappa shape index (κ2) is 10.0. The number of nitrogens with zero attached hydrogens (tertiary/aromatic N) is 2. The van der Waals surface area contributed by atoms with Crippen molar-refractivity contribution in [3.63, 3.8) is 0 Å². The van der Waals surface area contributed by atoms with Crippen molar-refractivity contribution in [1.82, 2.24) is 15.8 Å². The number of likely N-dealkylation sites (tertiary alicyclic amines) is 1. The second-order valence-corrected chi connectivity index (χ2v) is 9.54. The summed E-state index contributed by atoms with van der Waals surface area (Å²) in [6.07, 6.45) is 1.79. The number of amides is 2. The molecule has 2 N–H and O–H groups in total. The lowest BCUT2D eigenvalue weighted by atomic mass is 9.96. The van der Waals surface area contributed by atoms with Crippen LogP contribution in [0.1, 0.15) is 38.7 Å². The molecule has 0 spiro atoms. The van der Waals surface area contributed by atoms with Gasteiger partial charge in [0.05, 0.1) is 16.0 Å². The maximum Gasteiger partial charge on any atom is 0.410 e. The normalized spacial score (nSPS) is 18.5. The van der Waals surface area contributed by atoms with Gasteiger partial charge in [0, 0.05) is 37.5 Å². The summed E-state index contributed by atoms with van der Waals surface area (Å²) in [4.78, 5) is 30.4. The number of ether oxygens (including phenoxy) is 2. The molecule has 1 aromatic rings. The van der Waals surface area contributed by atoms with Crippen molar-refractivity contribution < 1.29 is 19.1 Å². The third kappa shape index (κ3) is 5.86. The van der Waals surface area contributed by atoms with Crippen LogP contribution in [0.25, 0.3) is 0 Å². The number of halogens is 2. The second-order valence-electron chi connectivity index (χ2n) is 8.76. The van der Waals surface area contributed by atoms with Gasteiger partial charge in [-0.2, -0.15) is 0 Å². The predicted octanol–water partition coefficient (Wildman–Crippen LogP) is 3.93. The molecule has 0 bridgehead atoms. The van der Waals surface area contributed by atoms with Crippen molar-refractivity contribution in [3.05, 3.63) is 40.4 Å². The van der Waals surface area contributed by atoms with E-state index in [-0.39, 0.29) is 17.7 Å². The number of hydrazine groups is 1. The van der Waals surface area contributed by atoms with Crippen molar-refractivity contribution in [1.29, 1.82) is 0 Å². The van der Waals surface area contributed by atoms with Crippen molar-refractivity contribution in [3.8, 4) is 5.75 Å². The number of carbonyl (C=O) groups is 2. The van der Waals surface area contributed by atoms with Gasteiger partial charge in [0.2, 0.25) is 5.91 Å². The first-order valence-electron chi connectivity index (χ1n) is 10.4. The van der Waals surface area contributed by atoms with Crippen molar-refractivity contribution in [2.75, 3.05) is 26.2 Å². The lowest BCUT2D eigenvalue weighted by Gasteiger charge is -2.38. The maximum absolute atomic E-state index is 12.4. The molecule has 1 fully saturated rings. The van der Waals surface area contributed by atoms with Crippen LogP contribution in [0.4, 0.5) is 4.79 Å². The largest absolute Gasteiger partial charge is 0.489 e. The SMILES string of the molecule is C=CCOc1ccc(Cl)c(Cl)c1C1CN=C(NNC(=O)C2CN(C(=O)OC(C)(C)C)C2)C1. The average molecular weight is 483 g/mol. The fourth-order valence-corrected chi connectivity index (χ4v) is 3.90. The third-order valence-corrected chi connectivity index (χ3v) is 5.85. The van der Waals surface area contributed by atoms with Crippen LogP contribution in [0.3, 0.4) is 0 Å². The van der Waals surface area contributed by atoms with Crippen LogP contribution < -0.4 is 15.6 Å². The fraction of sp³-hybridized carbons (Fsp3) is 0.500. The van der Waals surface area contributed by atoms with E-state index in [0.29, 0.717) is 54.3 Å². The van der Waals surface area contributed by atoms with Crippen LogP contribution in [0.2, 0.25) is 10.0 Å². The van der Waals surface area contributed by atoms with Gasteiger partial charge in [0.1, 0.15) is 23.8 Å². The summed E-state index contributed by atoms with van der Waals surface area (Å²) < 4.78 is 11.0. The monoisotopic (exact) mass is 482 g/mol. The molecule has 0 aromatic heterocycles. The molecule has 1 aromatic carbocycles. The number of hydrogen-bond donors (Lipinski definition) is 2. The van der Waals surface area contributed by atoms with Gasteiger partial charge in [-0.25, -0.2) is 4.79 Å². The molecule has 2 aliphatic heterocycles. The van der Waals surface area contributed by atoms with E-state index in [4.69, 9.17) is 32.7 Å². The van der Waals surface area contributed by atoms with E-state index in [2.05, 4.69) is 22.4 Å². The molecule has 1 atom stereocenters. The summed E-state index contributed by atoms with van der Waals surface area (Å²) >= 11 is 12.7. The van der Waals surface area contributed by atoms with E-state index >= 15 is 0 Å². The summed E-state index contributed by atoms with van der Waals surface area (Å²) in [5.41, 5.74) is 5.80. The minimum absolute atomic E-state index is 0.0354. The first kappa shape index (κ1) is 24.2. The molecule has 2 amide bonds. The molecule has 0 saturated carbocycles. The van der Waals surface area contributed by atoms with E-state index in [1.807, 2.05) is 0 Å². The van der Waals surface area contributed by atoms with Crippen LogP contribution in [0, 0.1) is 5.92 Å². The molecular weight excluding hydrogens is 455 g/mol. The zero-order valence-corrected chi connectivity index (χ0v) is 19.9. The minimum Gasteiger partial charge on any atom is -0.489 e. The van der Waals surface area contributed by atoms with E-state index in [9.17, 15) is 9.59 Å². The van der Waals surface area contributed by atoms with Crippen LogP contribution in [-0.2, 0) is 9.53 Å². The maximum atomic E-state index is 12.4. The number of carbonyl (C=O) groups excluding carboxylic acids is 2. The standard InChI is InChI=1S/C22H28Cl2N4O4/c1-5-8-31-16-7-6-15(23)19(24)18(16)13-9-17(25-10-13)26-27-20(29)14-11-28(12-14)21(30)32-22(2,3)4/h5-7,13-14H,1,8-12H2,2-4H3,(H,25,26)(H,27,29). The summed E-state index contributed by atoms with van der Waals surface area (Å²) in [5, 5.41) is 0.886. The number of amidine groups is 1. The highest BCUT2D eigenvalue weighted by atomic mass is 35.5. The molecule has 1 unspecified atom stereocenters. The Morgan fingerprint density at radius 2 is 2.03 bits per heavy atom. The Labute approximate surface area is 197 Å². The van der Waals surface area contributed by atoms with Gasteiger partial charge in [-0.15, -0.1) is 0 Å². The fourth-order valence-electron chi connectivity index (χ4n) is 3.43. The number of aliphatic imine (C=N–C) groups is 1. The summed E-state index contributed by atoms with van der Waals surface area (Å²) in [5.74, 6) is 0.742. The smallest absolute Gasteiger partial charge is 0.410 e. The number of rotatable bonds is 5. The molecule has 3 rings (SSSR count). The summed E-state index contributed by atoms with van der Waals surface area (Å²) in [6.45, 7) is 10.6. The number of benzene rings is 1. The van der Waals surface area contributed by atoms with Gasteiger partial charge in [-0.1, -0.05) is 35.9 Å². The Balaban J connectivity index is 1.49. The van der Waals surface area contributed by atoms with Gasteiger partial charge in [0.15, 0.2) is 0 Å². The van der Waals surface area contributed by atoms with Crippen LogP contribution >= 0.6 is 23.2 Å². The first-order valence-corrected chi connectivity index (χ1v) is 11.1. The van der Waals surface area contributed by atoms with E-state index in [1.165, 1.54) is 4.90 Å². The Bertz CT molecular complexity index is 923. The highest BCUT2D eigenvalue weighted by Crippen LogP contribution is 2.41. The van der Waals surface area contributed by atoms with Crippen molar-refractivity contribution in [2.45, 2.75) is 38.7 Å². The minimum atomic E-state index is -0.564. The molecule has 32 heavy (non-hydrogen) atoms. The molecule has 2 aliphatic rings. The third-order valence-electron chi connectivity index (χ3n) is 5.03. The number of hydrogen-bond acceptors (Lipinski definition) is 6. The molecule has 0 radical (unpaired) electrons. The molecule has 174 valence electrons. The molecule has 1 saturated heterocycles. The van der Waals surface area contributed by atoms with Gasteiger partial charge in [-0.05, 0) is 32.9 Å².